The van der Waals surface area contributed by atoms with Crippen LogP contribution in [-0.4, -0.2) is 32.9 Å². The molecule has 2 bridgehead atoms. The Bertz CT molecular complexity index is 343. The van der Waals surface area contributed by atoms with Gasteiger partial charge in [-0.1, -0.05) is 30.3 Å². The van der Waals surface area contributed by atoms with Gasteiger partial charge < -0.3 is 18.9 Å². The van der Waals surface area contributed by atoms with E-state index in [0.29, 0.717) is 33.0 Å². The molecule has 92 valence electrons. The van der Waals surface area contributed by atoms with Gasteiger partial charge in [0.05, 0.1) is 38.4 Å². The zero-order valence-corrected chi connectivity index (χ0v) is 9.63. The smallest absolute Gasteiger partial charge is 0.271 e. The van der Waals surface area contributed by atoms with Gasteiger partial charge >= 0.3 is 0 Å². The molecule has 4 rings (SSSR count). The summed E-state index contributed by atoms with van der Waals surface area (Å²) in [5.74, 6) is 0. The normalized spacial score (nSPS) is 31.6. The zero-order chi connectivity index (χ0) is 11.6. The van der Waals surface area contributed by atoms with Gasteiger partial charge in [-0.25, -0.2) is 0 Å². The molecule has 3 aliphatic heterocycles. The third-order valence-electron chi connectivity index (χ3n) is 3.10. The molecule has 0 atom stereocenters. The molecule has 0 aromatic heterocycles. The Balaban J connectivity index is 1.51. The van der Waals surface area contributed by atoms with Crippen LogP contribution >= 0.6 is 0 Å². The van der Waals surface area contributed by atoms with Crippen molar-refractivity contribution in [1.82, 2.24) is 0 Å². The highest BCUT2D eigenvalue weighted by Gasteiger charge is 2.43. The number of ether oxygens (including phenoxy) is 4. The minimum atomic E-state index is -0.453. The van der Waals surface area contributed by atoms with E-state index in [1.54, 1.807) is 0 Å². The lowest BCUT2D eigenvalue weighted by molar-refractivity contribution is -0.399. The van der Waals surface area contributed by atoms with Gasteiger partial charge in [0.2, 0.25) is 0 Å². The van der Waals surface area contributed by atoms with Crippen molar-refractivity contribution in [2.75, 3.05) is 26.4 Å². The van der Waals surface area contributed by atoms with Crippen molar-refractivity contribution in [3.8, 4) is 0 Å². The van der Waals surface area contributed by atoms with E-state index in [2.05, 4.69) is 12.1 Å². The first-order chi connectivity index (χ1) is 8.36. The second-order valence-corrected chi connectivity index (χ2v) is 4.70. The molecule has 3 saturated heterocycles. The van der Waals surface area contributed by atoms with Crippen LogP contribution in [0.2, 0.25) is 0 Å². The van der Waals surface area contributed by atoms with Crippen molar-refractivity contribution in [2.24, 2.45) is 5.41 Å². The van der Waals surface area contributed by atoms with Crippen LogP contribution in [0.15, 0.2) is 30.3 Å². The van der Waals surface area contributed by atoms with Gasteiger partial charge in [-0.3, -0.25) is 0 Å². The maximum atomic E-state index is 5.74. The van der Waals surface area contributed by atoms with Gasteiger partial charge in [-0.15, -0.1) is 0 Å². The summed E-state index contributed by atoms with van der Waals surface area (Å²) in [6, 6.07) is 10.1. The Kier molecular flexibility index (Phi) is 3.11. The molecule has 1 aromatic rings. The van der Waals surface area contributed by atoms with Gasteiger partial charge in [0, 0.05) is 0 Å². The first kappa shape index (κ1) is 11.2. The Morgan fingerprint density at radius 2 is 1.71 bits per heavy atom. The lowest BCUT2D eigenvalue weighted by Gasteiger charge is -2.44. The first-order valence-corrected chi connectivity index (χ1v) is 5.83. The van der Waals surface area contributed by atoms with Gasteiger partial charge in [-0.2, -0.15) is 0 Å². The highest BCUT2D eigenvalue weighted by atomic mass is 16.9. The molecule has 4 heteroatoms. The van der Waals surface area contributed by atoms with Crippen LogP contribution in [0, 0.1) is 5.41 Å². The molecule has 0 N–H and O–H groups in total. The van der Waals surface area contributed by atoms with E-state index in [4.69, 9.17) is 18.9 Å². The van der Waals surface area contributed by atoms with Gasteiger partial charge in [-0.05, 0) is 5.56 Å². The van der Waals surface area contributed by atoms with Crippen LogP contribution in [0.3, 0.4) is 0 Å². The molecule has 4 nitrogen and oxygen atoms in total. The van der Waals surface area contributed by atoms with Crippen LogP contribution in [0.4, 0.5) is 0 Å². The summed E-state index contributed by atoms with van der Waals surface area (Å²) in [6.45, 7) is 2.75. The Morgan fingerprint density at radius 3 is 2.35 bits per heavy atom. The summed E-state index contributed by atoms with van der Waals surface area (Å²) in [7, 11) is 0. The van der Waals surface area contributed by atoms with Crippen LogP contribution in [0.25, 0.3) is 0 Å². The number of hydrogen-bond donors (Lipinski definition) is 0. The van der Waals surface area contributed by atoms with Crippen molar-refractivity contribution >= 4 is 0 Å². The molecule has 0 unspecified atom stereocenters. The second kappa shape index (κ2) is 4.74. The van der Waals surface area contributed by atoms with E-state index in [1.165, 1.54) is 5.56 Å². The Morgan fingerprint density at radius 1 is 1.06 bits per heavy atom. The average molecular weight is 236 g/mol. The first-order valence-electron chi connectivity index (χ1n) is 5.83. The Hall–Kier alpha value is -0.940. The third-order valence-corrected chi connectivity index (χ3v) is 3.10. The molecule has 0 radical (unpaired) electrons. The summed E-state index contributed by atoms with van der Waals surface area (Å²) in [6.07, 6.45) is 0. The van der Waals surface area contributed by atoms with Crippen LogP contribution in [-0.2, 0) is 25.6 Å². The molecule has 0 amide bonds. The van der Waals surface area contributed by atoms with Crippen molar-refractivity contribution in [1.29, 1.82) is 0 Å². The van der Waals surface area contributed by atoms with E-state index >= 15 is 0 Å². The predicted octanol–water partition coefficient (Wildman–Crippen LogP) is 1.55. The van der Waals surface area contributed by atoms with Gasteiger partial charge in [0.1, 0.15) is 0 Å². The van der Waals surface area contributed by atoms with Crippen molar-refractivity contribution in [3.05, 3.63) is 35.9 Å². The highest BCUT2D eigenvalue weighted by molar-refractivity contribution is 5.13. The highest BCUT2D eigenvalue weighted by Crippen LogP contribution is 2.32. The largest absolute Gasteiger partial charge is 0.376 e. The number of rotatable bonds is 4. The summed E-state index contributed by atoms with van der Waals surface area (Å²) < 4.78 is 21.8. The van der Waals surface area contributed by atoms with E-state index < -0.39 is 6.48 Å². The SMILES string of the molecule is c1ccc(COCC23COC(OC2)OC3)cc1. The Labute approximate surface area is 100 Å². The minimum Gasteiger partial charge on any atom is -0.376 e. The van der Waals surface area contributed by atoms with E-state index in [0.717, 1.165) is 0 Å². The number of hydrogen-bond acceptors (Lipinski definition) is 4. The molecule has 3 fully saturated rings. The maximum absolute atomic E-state index is 5.74. The lowest BCUT2D eigenvalue weighted by atomic mass is 9.91. The van der Waals surface area contributed by atoms with Crippen molar-refractivity contribution in [3.63, 3.8) is 0 Å². The van der Waals surface area contributed by atoms with E-state index in [9.17, 15) is 0 Å². The van der Waals surface area contributed by atoms with Crippen LogP contribution in [0.5, 0.6) is 0 Å². The summed E-state index contributed by atoms with van der Waals surface area (Å²) >= 11 is 0. The minimum absolute atomic E-state index is 0.121. The van der Waals surface area contributed by atoms with Gasteiger partial charge in [0.25, 0.3) is 6.48 Å². The van der Waals surface area contributed by atoms with Gasteiger partial charge in [0.15, 0.2) is 0 Å². The zero-order valence-electron chi connectivity index (χ0n) is 9.63. The summed E-state index contributed by atoms with van der Waals surface area (Å²) in [4.78, 5) is 0. The van der Waals surface area contributed by atoms with E-state index in [-0.39, 0.29) is 5.41 Å². The van der Waals surface area contributed by atoms with Crippen molar-refractivity contribution in [2.45, 2.75) is 13.1 Å². The number of benzene rings is 1. The number of fused-ring (bicyclic) bond motifs is 3. The van der Waals surface area contributed by atoms with Crippen molar-refractivity contribution < 1.29 is 18.9 Å². The molecule has 0 saturated carbocycles. The molecule has 0 aliphatic carbocycles. The fraction of sp³-hybridized carbons (Fsp3) is 0.538. The summed E-state index contributed by atoms with van der Waals surface area (Å²) in [5.41, 5.74) is 1.06. The van der Waals surface area contributed by atoms with Crippen LogP contribution < -0.4 is 0 Å². The third kappa shape index (κ3) is 2.50. The second-order valence-electron chi connectivity index (χ2n) is 4.70. The monoisotopic (exact) mass is 236 g/mol. The van der Waals surface area contributed by atoms with Crippen LogP contribution in [0.1, 0.15) is 5.56 Å². The van der Waals surface area contributed by atoms with E-state index in [1.807, 2.05) is 18.2 Å². The average Bonchev–Trinajstić information content (AvgIpc) is 2.42. The topological polar surface area (TPSA) is 36.9 Å². The standard InChI is InChI=1S/C13H16O4/c1-2-4-11(5-3-1)6-14-7-13-8-15-12(16-9-13)17-10-13/h1-5,12H,6-10H2. The maximum Gasteiger partial charge on any atom is 0.271 e. The summed E-state index contributed by atoms with van der Waals surface area (Å²) in [5, 5.41) is 0. The predicted molar refractivity (Wildman–Crippen MR) is 60.2 cm³/mol. The quantitative estimate of drug-likeness (QED) is 0.794. The fourth-order valence-electron chi connectivity index (χ4n) is 2.09. The lowest BCUT2D eigenvalue weighted by Crippen LogP contribution is -2.54. The molecular formula is C13H16O4. The molecule has 3 heterocycles. The molecule has 3 aliphatic rings. The molecule has 1 aromatic carbocycles. The molecule has 17 heavy (non-hydrogen) atoms. The fourth-order valence-corrected chi connectivity index (χ4v) is 2.09. The molecular weight excluding hydrogens is 220 g/mol. The molecule has 0 spiro atoms.